The van der Waals surface area contributed by atoms with E-state index < -0.39 is 11.6 Å². The van der Waals surface area contributed by atoms with Gasteiger partial charge in [-0.2, -0.15) is 0 Å². The quantitative estimate of drug-likeness (QED) is 0.446. The van der Waals surface area contributed by atoms with Crippen molar-refractivity contribution in [2.75, 3.05) is 7.05 Å². The zero-order valence-electron chi connectivity index (χ0n) is 9.80. The maximum Gasteiger partial charge on any atom is 0.433 e. The van der Waals surface area contributed by atoms with Crippen LogP contribution < -0.4 is 5.32 Å². The number of hydrogen-bond donors (Lipinski definition) is 1. The lowest BCUT2D eigenvalue weighted by atomic mass is 9.81. The van der Waals surface area contributed by atoms with Crippen molar-refractivity contribution in [3.63, 3.8) is 0 Å². The minimum atomic E-state index is -1.17. The molecule has 2 saturated carbocycles. The van der Waals surface area contributed by atoms with Gasteiger partial charge >= 0.3 is 6.09 Å². The van der Waals surface area contributed by atoms with Gasteiger partial charge < -0.3 is 5.32 Å². The molecule has 0 aliphatic heterocycles. The Morgan fingerprint density at radius 1 is 1.65 bits per heavy atom. The molecular weight excluding hydrogens is 226 g/mol. The number of rotatable bonds is 2. The SMILES string of the molecule is CNC(=O)ON=C1C2CCC(C2)C1(C)[N+](=O)[O-]. The average molecular weight is 241 g/mol. The molecule has 0 aromatic carbocycles. The highest BCUT2D eigenvalue weighted by atomic mass is 16.7. The lowest BCUT2D eigenvalue weighted by molar-refractivity contribution is -0.551. The first-order chi connectivity index (χ1) is 8.00. The number of oxime groups is 1. The number of carbonyl (C=O) groups is 1. The molecule has 2 bridgehead atoms. The molecule has 17 heavy (non-hydrogen) atoms. The Bertz CT molecular complexity index is 395. The molecule has 0 spiro atoms. The Labute approximate surface area is 98.3 Å². The Kier molecular flexibility index (Phi) is 2.76. The van der Waals surface area contributed by atoms with Gasteiger partial charge in [-0.1, -0.05) is 5.16 Å². The Hall–Kier alpha value is -1.66. The number of nitro groups is 1. The molecule has 0 aromatic rings. The summed E-state index contributed by atoms with van der Waals surface area (Å²) in [5, 5.41) is 17.2. The van der Waals surface area contributed by atoms with Crippen molar-refractivity contribution in [1.82, 2.24) is 5.32 Å². The molecule has 0 heterocycles. The maximum absolute atomic E-state index is 11.2. The van der Waals surface area contributed by atoms with Gasteiger partial charge in [-0.25, -0.2) is 4.79 Å². The third-order valence-corrected chi connectivity index (χ3v) is 3.94. The van der Waals surface area contributed by atoms with Gasteiger partial charge in [-0.05, 0) is 19.3 Å². The Morgan fingerprint density at radius 3 is 2.94 bits per heavy atom. The average Bonchev–Trinajstić information content (AvgIpc) is 2.86. The molecule has 7 nitrogen and oxygen atoms in total. The van der Waals surface area contributed by atoms with Crippen LogP contribution in [0.3, 0.4) is 0 Å². The zero-order chi connectivity index (χ0) is 12.6. The van der Waals surface area contributed by atoms with Crippen molar-refractivity contribution in [3.05, 3.63) is 10.1 Å². The van der Waals surface area contributed by atoms with E-state index in [1.807, 2.05) is 0 Å². The van der Waals surface area contributed by atoms with E-state index in [0.717, 1.165) is 19.3 Å². The van der Waals surface area contributed by atoms with Crippen LogP contribution in [0.2, 0.25) is 0 Å². The number of hydrogen-bond acceptors (Lipinski definition) is 5. The van der Waals surface area contributed by atoms with Crippen molar-refractivity contribution in [1.29, 1.82) is 0 Å². The van der Waals surface area contributed by atoms with Crippen LogP contribution in [0.4, 0.5) is 4.79 Å². The third-order valence-electron chi connectivity index (χ3n) is 3.94. The molecular formula is C10H15N3O4. The molecule has 2 aliphatic carbocycles. The van der Waals surface area contributed by atoms with Gasteiger partial charge in [-0.3, -0.25) is 15.0 Å². The standard InChI is InChI=1S/C10H15N3O4/c1-10(13(15)16)7-4-3-6(5-7)8(10)12-17-9(14)11-2/h6-7H,3-5H2,1-2H3,(H,11,14). The van der Waals surface area contributed by atoms with Crippen LogP contribution in [0.15, 0.2) is 5.16 Å². The Balaban J connectivity index is 2.25. The van der Waals surface area contributed by atoms with Crippen molar-refractivity contribution in [3.8, 4) is 0 Å². The van der Waals surface area contributed by atoms with Gasteiger partial charge in [-0.15, -0.1) is 0 Å². The monoisotopic (exact) mass is 241 g/mol. The second kappa shape index (κ2) is 3.97. The minimum Gasteiger partial charge on any atom is -0.323 e. The van der Waals surface area contributed by atoms with E-state index in [9.17, 15) is 14.9 Å². The Morgan fingerprint density at radius 2 is 2.35 bits per heavy atom. The fourth-order valence-electron chi connectivity index (χ4n) is 2.91. The lowest BCUT2D eigenvalue weighted by Gasteiger charge is -2.25. The van der Waals surface area contributed by atoms with Crippen LogP contribution in [0.25, 0.3) is 0 Å². The molecule has 2 rings (SSSR count). The van der Waals surface area contributed by atoms with E-state index in [1.54, 1.807) is 6.92 Å². The maximum atomic E-state index is 11.2. The molecule has 0 aromatic heterocycles. The first kappa shape index (κ1) is 11.8. The van der Waals surface area contributed by atoms with Crippen LogP contribution in [0.5, 0.6) is 0 Å². The van der Waals surface area contributed by atoms with E-state index in [4.69, 9.17) is 0 Å². The van der Waals surface area contributed by atoms with E-state index in [2.05, 4.69) is 15.3 Å². The molecule has 0 radical (unpaired) electrons. The van der Waals surface area contributed by atoms with Crippen LogP contribution in [-0.2, 0) is 4.84 Å². The van der Waals surface area contributed by atoms with E-state index in [0.29, 0.717) is 5.71 Å². The molecule has 2 aliphatic rings. The number of nitrogens with zero attached hydrogens (tertiary/aromatic N) is 2. The molecule has 1 amide bonds. The van der Waals surface area contributed by atoms with Crippen LogP contribution >= 0.6 is 0 Å². The van der Waals surface area contributed by atoms with Crippen LogP contribution in [0, 0.1) is 22.0 Å². The molecule has 0 saturated heterocycles. The highest BCUT2D eigenvalue weighted by Gasteiger charge is 2.62. The van der Waals surface area contributed by atoms with E-state index in [-0.39, 0.29) is 16.8 Å². The summed E-state index contributed by atoms with van der Waals surface area (Å²) in [4.78, 5) is 26.5. The molecule has 2 fully saturated rings. The van der Waals surface area contributed by atoms with Gasteiger partial charge in [0.05, 0.1) is 0 Å². The minimum absolute atomic E-state index is 0.00883. The van der Waals surface area contributed by atoms with E-state index >= 15 is 0 Å². The second-order valence-corrected chi connectivity index (χ2v) is 4.72. The van der Waals surface area contributed by atoms with Gasteiger partial charge in [0.15, 0.2) is 0 Å². The summed E-state index contributed by atoms with van der Waals surface area (Å²) < 4.78 is 0. The highest BCUT2D eigenvalue weighted by molar-refractivity contribution is 5.97. The predicted molar refractivity (Wildman–Crippen MR) is 59.2 cm³/mol. The van der Waals surface area contributed by atoms with Crippen LogP contribution in [-0.4, -0.2) is 29.3 Å². The normalized spacial score (nSPS) is 37.2. The summed E-state index contributed by atoms with van der Waals surface area (Å²) in [7, 11) is 1.41. The van der Waals surface area contributed by atoms with E-state index in [1.165, 1.54) is 7.05 Å². The van der Waals surface area contributed by atoms with Crippen molar-refractivity contribution in [2.24, 2.45) is 17.0 Å². The molecule has 7 heteroatoms. The first-order valence-electron chi connectivity index (χ1n) is 5.61. The molecule has 3 atom stereocenters. The fraction of sp³-hybridized carbons (Fsp3) is 0.800. The van der Waals surface area contributed by atoms with Crippen molar-refractivity contribution < 1.29 is 14.6 Å². The number of fused-ring (bicyclic) bond motifs is 2. The number of carbonyl (C=O) groups excluding carboxylic acids is 1. The second-order valence-electron chi connectivity index (χ2n) is 4.72. The van der Waals surface area contributed by atoms with Gasteiger partial charge in [0.2, 0.25) is 0 Å². The summed E-state index contributed by atoms with van der Waals surface area (Å²) in [6.45, 7) is 1.57. The van der Waals surface area contributed by atoms with Crippen LogP contribution in [0.1, 0.15) is 26.2 Å². The summed E-state index contributed by atoms with van der Waals surface area (Å²) in [5.41, 5.74) is -0.765. The predicted octanol–water partition coefficient (Wildman–Crippen LogP) is 1.16. The van der Waals surface area contributed by atoms with Gasteiger partial charge in [0, 0.05) is 30.7 Å². The molecule has 1 N–H and O–H groups in total. The summed E-state index contributed by atoms with van der Waals surface area (Å²) >= 11 is 0. The summed E-state index contributed by atoms with van der Waals surface area (Å²) in [6.07, 6.45) is 1.81. The van der Waals surface area contributed by atoms with Crippen molar-refractivity contribution >= 4 is 11.8 Å². The zero-order valence-corrected chi connectivity index (χ0v) is 9.80. The molecule has 94 valence electrons. The summed E-state index contributed by atoms with van der Waals surface area (Å²) in [5.74, 6) is 0.0922. The largest absolute Gasteiger partial charge is 0.433 e. The van der Waals surface area contributed by atoms with Crippen molar-refractivity contribution in [2.45, 2.75) is 31.7 Å². The molecule has 3 unspecified atom stereocenters. The summed E-state index contributed by atoms with van der Waals surface area (Å²) in [6, 6.07) is 0. The smallest absolute Gasteiger partial charge is 0.323 e. The lowest BCUT2D eigenvalue weighted by Crippen LogP contribution is -2.48. The van der Waals surface area contributed by atoms with Gasteiger partial charge in [0.1, 0.15) is 5.71 Å². The third kappa shape index (κ3) is 1.65. The highest BCUT2D eigenvalue weighted by Crippen LogP contribution is 2.50. The number of nitrogens with one attached hydrogen (secondary N) is 1. The van der Waals surface area contributed by atoms with Gasteiger partial charge in [0.25, 0.3) is 5.54 Å². The topological polar surface area (TPSA) is 93.8 Å². The first-order valence-corrected chi connectivity index (χ1v) is 5.61. The fourth-order valence-corrected chi connectivity index (χ4v) is 2.91. The number of amides is 1.